The smallest absolute Gasteiger partial charge is 0.260 e. The largest absolute Gasteiger partial charge is 0.316 e. The summed E-state index contributed by atoms with van der Waals surface area (Å²) >= 11 is 4.43. The van der Waals surface area contributed by atoms with Gasteiger partial charge in [0.1, 0.15) is 5.54 Å². The molecular weight excluding hydrogens is 248 g/mol. The van der Waals surface area contributed by atoms with Gasteiger partial charge in [0, 0.05) is 4.88 Å². The maximum atomic E-state index is 12.4. The first-order valence-corrected chi connectivity index (χ1v) is 4.88. The van der Waals surface area contributed by atoms with Gasteiger partial charge in [0.05, 0.1) is 3.79 Å². The molecule has 1 aromatic heterocycles. The van der Waals surface area contributed by atoms with Crippen molar-refractivity contribution in [3.05, 3.63) is 20.8 Å². The Morgan fingerprint density at radius 1 is 1.58 bits per heavy atom. The summed E-state index contributed by atoms with van der Waals surface area (Å²) in [6.45, 7) is 1.33. The Kier molecular flexibility index (Phi) is 2.85. The molecule has 1 atom stereocenters. The van der Waals surface area contributed by atoms with E-state index in [4.69, 9.17) is 5.73 Å². The summed E-state index contributed by atoms with van der Waals surface area (Å²) in [6.07, 6.45) is -2.54. The first kappa shape index (κ1) is 10.1. The Balaban J connectivity index is 2.97. The SMILES string of the molecule is CC(N)(c1ccc(Br)s1)C(F)F. The standard InChI is InChI=1S/C7H8BrF2NS/c1-7(11,6(9)10)4-2-3-5(8)12-4/h2-3,6H,11H2,1H3. The van der Waals surface area contributed by atoms with Crippen LogP contribution in [0.1, 0.15) is 11.8 Å². The molecule has 1 unspecified atom stereocenters. The average molecular weight is 256 g/mol. The molecule has 1 heterocycles. The second-order valence-electron chi connectivity index (χ2n) is 2.69. The Morgan fingerprint density at radius 3 is 2.50 bits per heavy atom. The van der Waals surface area contributed by atoms with Crippen LogP contribution in [0.2, 0.25) is 0 Å². The van der Waals surface area contributed by atoms with E-state index in [0.717, 1.165) is 3.79 Å². The first-order valence-electron chi connectivity index (χ1n) is 3.27. The average Bonchev–Trinajstić information content (AvgIpc) is 2.35. The molecule has 5 heteroatoms. The minimum Gasteiger partial charge on any atom is -0.316 e. The topological polar surface area (TPSA) is 26.0 Å². The molecule has 0 fully saturated rings. The molecule has 0 aliphatic carbocycles. The van der Waals surface area contributed by atoms with E-state index in [9.17, 15) is 8.78 Å². The molecule has 1 nitrogen and oxygen atoms in total. The van der Waals surface area contributed by atoms with Crippen LogP contribution >= 0.6 is 27.3 Å². The molecule has 1 rings (SSSR count). The van der Waals surface area contributed by atoms with Crippen molar-refractivity contribution in [3.8, 4) is 0 Å². The fourth-order valence-electron chi connectivity index (χ4n) is 0.711. The molecule has 0 spiro atoms. The minimum atomic E-state index is -2.54. The van der Waals surface area contributed by atoms with Gasteiger partial charge in [-0.3, -0.25) is 0 Å². The zero-order valence-electron chi connectivity index (χ0n) is 6.35. The highest BCUT2D eigenvalue weighted by Crippen LogP contribution is 2.33. The lowest BCUT2D eigenvalue weighted by molar-refractivity contribution is 0.0644. The van der Waals surface area contributed by atoms with Gasteiger partial charge in [-0.1, -0.05) is 0 Å². The number of hydrogen-bond acceptors (Lipinski definition) is 2. The van der Waals surface area contributed by atoms with Crippen molar-refractivity contribution in [2.45, 2.75) is 18.9 Å². The van der Waals surface area contributed by atoms with Crippen LogP contribution in [-0.2, 0) is 5.54 Å². The summed E-state index contributed by atoms with van der Waals surface area (Å²) in [4.78, 5) is 0.490. The van der Waals surface area contributed by atoms with Gasteiger partial charge in [-0.05, 0) is 35.0 Å². The first-order chi connectivity index (χ1) is 5.44. The number of halogens is 3. The molecule has 0 aliphatic rings. The van der Waals surface area contributed by atoms with Gasteiger partial charge in [0.2, 0.25) is 0 Å². The van der Waals surface area contributed by atoms with Crippen molar-refractivity contribution in [1.82, 2.24) is 0 Å². The fraction of sp³-hybridized carbons (Fsp3) is 0.429. The maximum absolute atomic E-state index is 12.4. The number of nitrogens with two attached hydrogens (primary N) is 1. The third-order valence-electron chi connectivity index (χ3n) is 1.56. The summed E-state index contributed by atoms with van der Waals surface area (Å²) in [7, 11) is 0. The van der Waals surface area contributed by atoms with Crippen LogP contribution in [0.25, 0.3) is 0 Å². The van der Waals surface area contributed by atoms with Gasteiger partial charge in [-0.2, -0.15) is 0 Å². The number of hydrogen-bond donors (Lipinski definition) is 1. The molecule has 0 saturated heterocycles. The van der Waals surface area contributed by atoms with Gasteiger partial charge in [0.15, 0.2) is 0 Å². The lowest BCUT2D eigenvalue weighted by atomic mass is 10.0. The van der Waals surface area contributed by atoms with Crippen LogP contribution in [0.5, 0.6) is 0 Å². The lowest BCUT2D eigenvalue weighted by Gasteiger charge is -2.21. The van der Waals surface area contributed by atoms with Gasteiger partial charge in [0.25, 0.3) is 6.43 Å². The Bertz CT molecular complexity index is 272. The van der Waals surface area contributed by atoms with Gasteiger partial charge < -0.3 is 5.73 Å². The van der Waals surface area contributed by atoms with Gasteiger partial charge in [-0.15, -0.1) is 11.3 Å². The molecule has 0 amide bonds. The van der Waals surface area contributed by atoms with Crippen molar-refractivity contribution in [1.29, 1.82) is 0 Å². The number of rotatable bonds is 2. The third kappa shape index (κ3) is 1.84. The van der Waals surface area contributed by atoms with Crippen molar-refractivity contribution < 1.29 is 8.78 Å². The van der Waals surface area contributed by atoms with Crippen LogP contribution in [0.3, 0.4) is 0 Å². The summed E-state index contributed by atoms with van der Waals surface area (Å²) in [5.74, 6) is 0. The van der Waals surface area contributed by atoms with E-state index in [1.165, 1.54) is 18.3 Å². The fourth-order valence-corrected chi connectivity index (χ4v) is 2.16. The van der Waals surface area contributed by atoms with Crippen molar-refractivity contribution >= 4 is 27.3 Å². The van der Waals surface area contributed by atoms with Crippen LogP contribution in [-0.4, -0.2) is 6.43 Å². The van der Waals surface area contributed by atoms with Crippen LogP contribution in [0, 0.1) is 0 Å². The third-order valence-corrected chi connectivity index (χ3v) is 3.43. The van der Waals surface area contributed by atoms with E-state index in [-0.39, 0.29) is 0 Å². The van der Waals surface area contributed by atoms with Crippen molar-refractivity contribution in [3.63, 3.8) is 0 Å². The molecule has 68 valence electrons. The molecule has 0 saturated carbocycles. The second-order valence-corrected chi connectivity index (χ2v) is 5.15. The van der Waals surface area contributed by atoms with Crippen LogP contribution in [0.15, 0.2) is 15.9 Å². The Hall–Kier alpha value is -0.0000000000000000833. The van der Waals surface area contributed by atoms with Crippen LogP contribution < -0.4 is 5.73 Å². The molecule has 2 N–H and O–H groups in total. The number of thiophene rings is 1. The predicted molar refractivity (Wildman–Crippen MR) is 49.6 cm³/mol. The highest BCUT2D eigenvalue weighted by Gasteiger charge is 2.33. The highest BCUT2D eigenvalue weighted by molar-refractivity contribution is 9.11. The predicted octanol–water partition coefficient (Wildman–Crippen LogP) is 2.95. The lowest BCUT2D eigenvalue weighted by Crippen LogP contribution is -2.39. The summed E-state index contributed by atoms with van der Waals surface area (Å²) in [5, 5.41) is 0. The molecule has 12 heavy (non-hydrogen) atoms. The second kappa shape index (κ2) is 3.40. The number of alkyl halides is 2. The van der Waals surface area contributed by atoms with Crippen LogP contribution in [0.4, 0.5) is 8.78 Å². The normalized spacial score (nSPS) is 16.5. The molecule has 0 aliphatic heterocycles. The molecule has 0 aromatic carbocycles. The van der Waals surface area contributed by atoms with E-state index >= 15 is 0 Å². The Labute approximate surface area is 81.7 Å². The quantitative estimate of drug-likeness (QED) is 0.864. The molecule has 1 aromatic rings. The van der Waals surface area contributed by atoms with Gasteiger partial charge in [-0.25, -0.2) is 8.78 Å². The minimum absolute atomic E-state index is 0.490. The van der Waals surface area contributed by atoms with E-state index in [0.29, 0.717) is 4.88 Å². The molecule has 0 bridgehead atoms. The monoisotopic (exact) mass is 255 g/mol. The zero-order chi connectivity index (χ0) is 9.35. The van der Waals surface area contributed by atoms with E-state index in [1.807, 2.05) is 0 Å². The van der Waals surface area contributed by atoms with Crippen molar-refractivity contribution in [2.24, 2.45) is 5.73 Å². The van der Waals surface area contributed by atoms with E-state index in [1.54, 1.807) is 12.1 Å². The van der Waals surface area contributed by atoms with Crippen molar-refractivity contribution in [2.75, 3.05) is 0 Å². The zero-order valence-corrected chi connectivity index (χ0v) is 8.75. The van der Waals surface area contributed by atoms with E-state index in [2.05, 4.69) is 15.9 Å². The summed E-state index contributed by atoms with van der Waals surface area (Å²) in [5.41, 5.74) is 3.90. The Morgan fingerprint density at radius 2 is 2.17 bits per heavy atom. The van der Waals surface area contributed by atoms with Gasteiger partial charge >= 0.3 is 0 Å². The van der Waals surface area contributed by atoms with E-state index < -0.39 is 12.0 Å². The maximum Gasteiger partial charge on any atom is 0.260 e. The summed E-state index contributed by atoms with van der Waals surface area (Å²) in [6, 6.07) is 3.33. The summed E-state index contributed by atoms with van der Waals surface area (Å²) < 4.78 is 25.6. The molecular formula is C7H8BrF2NS. The highest BCUT2D eigenvalue weighted by atomic mass is 79.9. The molecule has 0 radical (unpaired) electrons.